The van der Waals surface area contributed by atoms with E-state index in [-0.39, 0.29) is 5.91 Å². The Hall–Kier alpha value is -2.34. The number of H-pyrrole nitrogens is 1. The summed E-state index contributed by atoms with van der Waals surface area (Å²) in [5.74, 6) is 0.657. The molecule has 6 heteroatoms. The van der Waals surface area contributed by atoms with Gasteiger partial charge < -0.3 is 15.4 Å². The number of aromatic amines is 1. The third kappa shape index (κ3) is 3.28. The number of amides is 1. The van der Waals surface area contributed by atoms with Gasteiger partial charge in [0.2, 0.25) is 0 Å². The number of carbonyl (C=O) groups is 1. The molecule has 2 heterocycles. The number of ether oxygens (including phenoxy) is 1. The summed E-state index contributed by atoms with van der Waals surface area (Å²) in [4.78, 5) is 12.2. The van der Waals surface area contributed by atoms with Crippen LogP contribution in [0, 0.1) is 6.92 Å². The molecule has 6 nitrogen and oxygen atoms in total. The van der Waals surface area contributed by atoms with Crippen LogP contribution in [0.1, 0.15) is 27.3 Å². The third-order valence-corrected chi connectivity index (χ3v) is 3.67. The van der Waals surface area contributed by atoms with Gasteiger partial charge in [-0.2, -0.15) is 5.10 Å². The van der Waals surface area contributed by atoms with Gasteiger partial charge in [-0.05, 0) is 24.6 Å². The average Bonchev–Trinajstić information content (AvgIpc) is 2.95. The highest BCUT2D eigenvalue weighted by Gasteiger charge is 2.21. The smallest absolute Gasteiger partial charge is 0.272 e. The number of hydrogen-bond donors (Lipinski definition) is 3. The highest BCUT2D eigenvalue weighted by atomic mass is 16.5. The Bertz CT molecular complexity index is 666. The molecule has 116 valence electrons. The lowest BCUT2D eigenvalue weighted by molar-refractivity contribution is 0.0941. The summed E-state index contributed by atoms with van der Waals surface area (Å²) in [5, 5.41) is 13.2. The Morgan fingerprint density at radius 3 is 3.23 bits per heavy atom. The highest BCUT2D eigenvalue weighted by Crippen LogP contribution is 2.15. The zero-order valence-corrected chi connectivity index (χ0v) is 12.6. The summed E-state index contributed by atoms with van der Waals surface area (Å²) < 4.78 is 5.61. The van der Waals surface area contributed by atoms with Crippen molar-refractivity contribution < 1.29 is 9.53 Å². The van der Waals surface area contributed by atoms with Crippen LogP contribution in [-0.4, -0.2) is 35.8 Å². The van der Waals surface area contributed by atoms with Gasteiger partial charge in [0.15, 0.2) is 5.69 Å². The number of carbonyl (C=O) groups excluding carboxylic acids is 1. The normalized spacial score (nSPS) is 13.5. The number of nitrogens with one attached hydrogen (secondary N) is 3. The van der Waals surface area contributed by atoms with Gasteiger partial charge >= 0.3 is 0 Å². The number of fused-ring (bicyclic) bond motifs is 1. The average molecular weight is 300 g/mol. The molecule has 3 N–H and O–H groups in total. The van der Waals surface area contributed by atoms with E-state index in [2.05, 4.69) is 20.8 Å². The van der Waals surface area contributed by atoms with Crippen molar-refractivity contribution in [1.82, 2.24) is 20.8 Å². The SMILES string of the molecule is Cc1cccc(OCCNC(=O)c2n[nH]c3c2CNCC3)c1. The van der Waals surface area contributed by atoms with E-state index in [4.69, 9.17) is 4.74 Å². The first-order chi connectivity index (χ1) is 10.7. The second-order valence-corrected chi connectivity index (χ2v) is 5.38. The second kappa shape index (κ2) is 6.62. The molecular formula is C16H20N4O2. The fraction of sp³-hybridized carbons (Fsp3) is 0.375. The van der Waals surface area contributed by atoms with Crippen LogP contribution in [-0.2, 0) is 13.0 Å². The Morgan fingerprint density at radius 1 is 1.45 bits per heavy atom. The predicted octanol–water partition coefficient (Wildman–Crippen LogP) is 1.17. The maximum Gasteiger partial charge on any atom is 0.272 e. The number of benzene rings is 1. The van der Waals surface area contributed by atoms with Crippen LogP contribution in [0.5, 0.6) is 5.75 Å². The second-order valence-electron chi connectivity index (χ2n) is 5.38. The van der Waals surface area contributed by atoms with Crippen molar-refractivity contribution in [3.05, 3.63) is 46.8 Å². The minimum absolute atomic E-state index is 0.158. The summed E-state index contributed by atoms with van der Waals surface area (Å²) in [6, 6.07) is 7.85. The van der Waals surface area contributed by atoms with Gasteiger partial charge in [0.05, 0.1) is 6.54 Å². The van der Waals surface area contributed by atoms with Crippen LogP contribution in [0.4, 0.5) is 0 Å². The van der Waals surface area contributed by atoms with Crippen LogP contribution in [0.3, 0.4) is 0 Å². The largest absolute Gasteiger partial charge is 0.492 e. The van der Waals surface area contributed by atoms with Crippen molar-refractivity contribution in [3.63, 3.8) is 0 Å². The lowest BCUT2D eigenvalue weighted by atomic mass is 10.1. The van der Waals surface area contributed by atoms with Gasteiger partial charge in [-0.25, -0.2) is 0 Å². The molecule has 0 fully saturated rings. The maximum absolute atomic E-state index is 12.2. The van der Waals surface area contributed by atoms with E-state index in [1.807, 2.05) is 31.2 Å². The van der Waals surface area contributed by atoms with E-state index in [1.54, 1.807) is 0 Å². The molecule has 0 atom stereocenters. The van der Waals surface area contributed by atoms with Crippen molar-refractivity contribution >= 4 is 5.91 Å². The van der Waals surface area contributed by atoms with E-state index < -0.39 is 0 Å². The Labute approximate surface area is 129 Å². The molecule has 0 saturated carbocycles. The lowest BCUT2D eigenvalue weighted by Gasteiger charge is -2.13. The van der Waals surface area contributed by atoms with E-state index in [9.17, 15) is 4.79 Å². The molecule has 0 bridgehead atoms. The van der Waals surface area contributed by atoms with Gasteiger partial charge in [0.25, 0.3) is 5.91 Å². The van der Waals surface area contributed by atoms with Gasteiger partial charge in [-0.1, -0.05) is 12.1 Å². The fourth-order valence-corrected chi connectivity index (χ4v) is 2.54. The number of hydrogen-bond acceptors (Lipinski definition) is 4. The van der Waals surface area contributed by atoms with Crippen LogP contribution in [0.15, 0.2) is 24.3 Å². The first-order valence-corrected chi connectivity index (χ1v) is 7.48. The quantitative estimate of drug-likeness (QED) is 0.724. The topological polar surface area (TPSA) is 79.0 Å². The zero-order valence-electron chi connectivity index (χ0n) is 12.6. The number of aryl methyl sites for hydroxylation is 1. The van der Waals surface area contributed by atoms with E-state index in [0.29, 0.717) is 25.4 Å². The number of rotatable bonds is 5. The van der Waals surface area contributed by atoms with Gasteiger partial charge in [0.1, 0.15) is 12.4 Å². The summed E-state index contributed by atoms with van der Waals surface area (Å²) in [7, 11) is 0. The Balaban J connectivity index is 1.49. The minimum atomic E-state index is -0.158. The maximum atomic E-state index is 12.2. The standard InChI is InChI=1S/C16H20N4O2/c1-11-3-2-4-12(9-11)22-8-7-18-16(21)15-13-10-17-6-5-14(13)19-20-15/h2-4,9,17H,5-8,10H2,1H3,(H,18,21)(H,19,20). The van der Waals surface area contributed by atoms with Crippen molar-refractivity contribution in [3.8, 4) is 5.75 Å². The van der Waals surface area contributed by atoms with Gasteiger partial charge in [0, 0.05) is 30.8 Å². The number of aromatic nitrogens is 2. The summed E-state index contributed by atoms with van der Waals surface area (Å²) >= 11 is 0. The summed E-state index contributed by atoms with van der Waals surface area (Å²) in [5.41, 5.74) is 3.67. The van der Waals surface area contributed by atoms with Gasteiger partial charge in [-0.15, -0.1) is 0 Å². The van der Waals surface area contributed by atoms with Crippen molar-refractivity contribution in [2.75, 3.05) is 19.7 Å². The molecule has 1 aliphatic rings. The van der Waals surface area contributed by atoms with Gasteiger partial charge in [-0.3, -0.25) is 9.89 Å². The lowest BCUT2D eigenvalue weighted by Crippen LogP contribution is -2.31. The molecule has 1 aromatic carbocycles. The molecule has 1 aromatic heterocycles. The molecule has 3 rings (SSSR count). The molecule has 22 heavy (non-hydrogen) atoms. The highest BCUT2D eigenvalue weighted by molar-refractivity contribution is 5.94. The summed E-state index contributed by atoms with van der Waals surface area (Å²) in [6.45, 7) is 4.50. The zero-order chi connectivity index (χ0) is 15.4. The fourth-order valence-electron chi connectivity index (χ4n) is 2.54. The molecule has 0 radical (unpaired) electrons. The number of nitrogens with zero attached hydrogens (tertiary/aromatic N) is 1. The predicted molar refractivity (Wildman–Crippen MR) is 83.0 cm³/mol. The third-order valence-electron chi connectivity index (χ3n) is 3.67. The molecule has 0 unspecified atom stereocenters. The molecule has 2 aromatic rings. The van der Waals surface area contributed by atoms with Crippen LogP contribution >= 0.6 is 0 Å². The Kier molecular flexibility index (Phi) is 4.39. The van der Waals surface area contributed by atoms with E-state index in [0.717, 1.165) is 35.5 Å². The van der Waals surface area contributed by atoms with E-state index in [1.165, 1.54) is 0 Å². The molecule has 0 aliphatic carbocycles. The van der Waals surface area contributed by atoms with Crippen LogP contribution < -0.4 is 15.4 Å². The minimum Gasteiger partial charge on any atom is -0.492 e. The van der Waals surface area contributed by atoms with Crippen LogP contribution in [0.2, 0.25) is 0 Å². The summed E-state index contributed by atoms with van der Waals surface area (Å²) in [6.07, 6.45) is 0.881. The molecule has 0 spiro atoms. The molecular weight excluding hydrogens is 280 g/mol. The first-order valence-electron chi connectivity index (χ1n) is 7.48. The van der Waals surface area contributed by atoms with Crippen molar-refractivity contribution in [2.24, 2.45) is 0 Å². The van der Waals surface area contributed by atoms with Crippen molar-refractivity contribution in [2.45, 2.75) is 19.9 Å². The molecule has 1 amide bonds. The van der Waals surface area contributed by atoms with Crippen LogP contribution in [0.25, 0.3) is 0 Å². The monoisotopic (exact) mass is 300 g/mol. The van der Waals surface area contributed by atoms with Crippen molar-refractivity contribution in [1.29, 1.82) is 0 Å². The first kappa shape index (κ1) is 14.6. The molecule has 1 aliphatic heterocycles. The molecule has 0 saturated heterocycles. The Morgan fingerprint density at radius 2 is 2.36 bits per heavy atom. The van der Waals surface area contributed by atoms with E-state index >= 15 is 0 Å².